The highest BCUT2D eigenvalue weighted by atomic mass is 35.5. The number of nitrogens with zero attached hydrogens (tertiary/aromatic N) is 1. The van der Waals surface area contributed by atoms with E-state index in [4.69, 9.17) is 22.1 Å². The van der Waals surface area contributed by atoms with Crippen LogP contribution in [-0.4, -0.2) is 11.5 Å². The largest absolute Gasteiger partial charge is 0.476 e. The number of nitrogens with two attached hydrogens (primary N) is 1. The Hall–Kier alpha value is -2.27. The van der Waals surface area contributed by atoms with E-state index in [0.717, 1.165) is 0 Å². The van der Waals surface area contributed by atoms with Crippen LogP contribution in [0, 0.1) is 5.82 Å². The van der Waals surface area contributed by atoms with Gasteiger partial charge in [-0.15, -0.1) is 0 Å². The summed E-state index contributed by atoms with van der Waals surface area (Å²) < 4.78 is 18.9. The summed E-state index contributed by atoms with van der Waals surface area (Å²) in [5.41, 5.74) is 6.06. The van der Waals surface area contributed by atoms with Crippen molar-refractivity contribution in [2.75, 3.05) is 10.6 Å². The minimum Gasteiger partial charge on any atom is -0.476 e. The average Bonchev–Trinajstić information content (AvgIpc) is 2.41. The van der Waals surface area contributed by atoms with E-state index in [1.165, 1.54) is 29.2 Å². The number of hydrogen-bond acceptors (Lipinski definition) is 3. The van der Waals surface area contributed by atoms with Crippen LogP contribution in [-0.2, 0) is 4.79 Å². The molecule has 0 saturated carbocycles. The second-order valence-electron chi connectivity index (χ2n) is 5.58. The van der Waals surface area contributed by atoms with Crippen molar-refractivity contribution in [1.82, 2.24) is 0 Å². The molecule has 2 aromatic rings. The zero-order chi connectivity index (χ0) is 16.1. The lowest BCUT2D eigenvalue weighted by Crippen LogP contribution is -2.50. The van der Waals surface area contributed by atoms with Crippen molar-refractivity contribution in [3.8, 4) is 5.75 Å². The Bertz CT molecular complexity index is 759. The predicted octanol–water partition coefficient (Wildman–Crippen LogP) is 3.90. The third-order valence-electron chi connectivity index (χ3n) is 3.44. The fourth-order valence-electron chi connectivity index (χ4n) is 2.41. The van der Waals surface area contributed by atoms with Crippen molar-refractivity contribution in [3.05, 3.63) is 47.2 Å². The Balaban J connectivity index is 2.24. The van der Waals surface area contributed by atoms with Crippen molar-refractivity contribution < 1.29 is 13.9 Å². The van der Waals surface area contributed by atoms with E-state index < -0.39 is 5.60 Å². The average molecular weight is 321 g/mol. The maximum absolute atomic E-state index is 13.2. The highest BCUT2D eigenvalue weighted by molar-refractivity contribution is 6.35. The molecule has 2 N–H and O–H groups in total. The van der Waals surface area contributed by atoms with Crippen molar-refractivity contribution in [1.29, 1.82) is 0 Å². The van der Waals surface area contributed by atoms with Crippen molar-refractivity contribution in [2.24, 2.45) is 0 Å². The lowest BCUT2D eigenvalue weighted by atomic mass is 10.0. The van der Waals surface area contributed by atoms with Crippen molar-refractivity contribution >= 4 is 34.6 Å². The number of rotatable bonds is 1. The van der Waals surface area contributed by atoms with E-state index in [-0.39, 0.29) is 11.7 Å². The third-order valence-corrected chi connectivity index (χ3v) is 3.73. The van der Waals surface area contributed by atoms with Crippen LogP contribution in [0.3, 0.4) is 0 Å². The van der Waals surface area contributed by atoms with E-state index in [1.807, 2.05) is 0 Å². The van der Waals surface area contributed by atoms with E-state index in [0.29, 0.717) is 27.8 Å². The molecule has 3 rings (SSSR count). The Morgan fingerprint density at radius 2 is 1.86 bits per heavy atom. The molecular weight excluding hydrogens is 307 g/mol. The molecule has 6 heteroatoms. The normalized spacial score (nSPS) is 16.2. The number of anilines is 3. The Morgan fingerprint density at radius 3 is 2.50 bits per heavy atom. The van der Waals surface area contributed by atoms with Gasteiger partial charge in [0.25, 0.3) is 5.91 Å². The number of benzene rings is 2. The van der Waals surface area contributed by atoms with Crippen LogP contribution < -0.4 is 15.4 Å². The molecule has 114 valence electrons. The van der Waals surface area contributed by atoms with Gasteiger partial charge in [-0.2, -0.15) is 0 Å². The minimum absolute atomic E-state index is 0.293. The molecule has 22 heavy (non-hydrogen) atoms. The number of ether oxygens (including phenoxy) is 1. The Labute approximate surface area is 132 Å². The van der Waals surface area contributed by atoms with Crippen LogP contribution in [0.1, 0.15) is 13.8 Å². The standard InChI is InChI=1S/C16H14ClFN2O2/c1-16(2)15(21)20(11-5-3-9(18)4-6-11)14-12(17)7-10(19)8-13(14)22-16/h3-8H,19H2,1-2H3. The van der Waals surface area contributed by atoms with E-state index in [2.05, 4.69) is 0 Å². The van der Waals surface area contributed by atoms with Gasteiger partial charge < -0.3 is 10.5 Å². The number of nitrogen functional groups attached to an aromatic ring is 1. The highest BCUT2D eigenvalue weighted by Crippen LogP contribution is 2.47. The summed E-state index contributed by atoms with van der Waals surface area (Å²) in [4.78, 5) is 14.2. The molecule has 0 atom stereocenters. The SMILES string of the molecule is CC1(C)Oc2cc(N)cc(Cl)c2N(c2ccc(F)cc2)C1=O. The van der Waals surface area contributed by atoms with Gasteiger partial charge in [-0.3, -0.25) is 9.69 Å². The Morgan fingerprint density at radius 1 is 1.23 bits per heavy atom. The van der Waals surface area contributed by atoms with Gasteiger partial charge in [-0.25, -0.2) is 4.39 Å². The predicted molar refractivity (Wildman–Crippen MR) is 84.1 cm³/mol. The molecule has 4 nitrogen and oxygen atoms in total. The monoisotopic (exact) mass is 320 g/mol. The quantitative estimate of drug-likeness (QED) is 0.811. The number of carbonyl (C=O) groups is 1. The van der Waals surface area contributed by atoms with E-state index >= 15 is 0 Å². The summed E-state index contributed by atoms with van der Waals surface area (Å²) in [7, 11) is 0. The molecule has 2 aromatic carbocycles. The lowest BCUT2D eigenvalue weighted by molar-refractivity contribution is -0.131. The number of amides is 1. The van der Waals surface area contributed by atoms with Gasteiger partial charge in [0.15, 0.2) is 5.60 Å². The summed E-state index contributed by atoms with van der Waals surface area (Å²) >= 11 is 6.25. The second kappa shape index (κ2) is 4.88. The van der Waals surface area contributed by atoms with Gasteiger partial charge in [0.1, 0.15) is 17.3 Å². The first kappa shape index (κ1) is 14.7. The Kier molecular flexibility index (Phi) is 3.25. The fourth-order valence-corrected chi connectivity index (χ4v) is 2.72. The molecule has 0 aromatic heterocycles. The zero-order valence-corrected chi connectivity index (χ0v) is 12.8. The maximum atomic E-state index is 13.2. The van der Waals surface area contributed by atoms with E-state index in [1.54, 1.807) is 26.0 Å². The number of fused-ring (bicyclic) bond motifs is 1. The summed E-state index contributed by atoms with van der Waals surface area (Å²) in [6, 6.07) is 8.78. The van der Waals surface area contributed by atoms with E-state index in [9.17, 15) is 9.18 Å². The number of halogens is 2. The van der Waals surface area contributed by atoms with Crippen LogP contribution in [0.4, 0.5) is 21.5 Å². The van der Waals surface area contributed by atoms with Crippen LogP contribution in [0.5, 0.6) is 5.75 Å². The highest BCUT2D eigenvalue weighted by Gasteiger charge is 2.42. The van der Waals surface area contributed by atoms with Gasteiger partial charge in [0.2, 0.25) is 0 Å². The molecule has 1 aliphatic heterocycles. The first-order valence-corrected chi connectivity index (χ1v) is 7.05. The van der Waals surface area contributed by atoms with Crippen LogP contribution in [0.25, 0.3) is 0 Å². The third kappa shape index (κ3) is 2.27. The fraction of sp³-hybridized carbons (Fsp3) is 0.188. The van der Waals surface area contributed by atoms with Gasteiger partial charge in [0.05, 0.1) is 5.02 Å². The number of carbonyl (C=O) groups excluding carboxylic acids is 1. The molecule has 0 spiro atoms. The van der Waals surface area contributed by atoms with Gasteiger partial charge >= 0.3 is 0 Å². The molecule has 0 unspecified atom stereocenters. The van der Waals surface area contributed by atoms with Crippen LogP contribution in [0.2, 0.25) is 5.02 Å². The molecule has 0 fully saturated rings. The molecule has 1 heterocycles. The molecule has 0 bridgehead atoms. The molecule has 0 radical (unpaired) electrons. The van der Waals surface area contributed by atoms with Crippen LogP contribution >= 0.6 is 11.6 Å². The molecular formula is C16H14ClFN2O2. The van der Waals surface area contributed by atoms with Gasteiger partial charge in [0, 0.05) is 17.4 Å². The minimum atomic E-state index is -1.08. The number of hydrogen-bond donors (Lipinski definition) is 1. The first-order valence-electron chi connectivity index (χ1n) is 6.68. The van der Waals surface area contributed by atoms with Gasteiger partial charge in [-0.05, 0) is 44.2 Å². The summed E-state index contributed by atoms with van der Waals surface area (Å²) in [6.45, 7) is 3.32. The van der Waals surface area contributed by atoms with Gasteiger partial charge in [-0.1, -0.05) is 11.6 Å². The molecule has 0 saturated heterocycles. The maximum Gasteiger partial charge on any atom is 0.275 e. The topological polar surface area (TPSA) is 55.6 Å². The smallest absolute Gasteiger partial charge is 0.275 e. The molecule has 1 amide bonds. The molecule has 1 aliphatic rings. The summed E-state index contributed by atoms with van der Waals surface area (Å²) in [6.07, 6.45) is 0. The zero-order valence-electron chi connectivity index (χ0n) is 12.1. The van der Waals surface area contributed by atoms with Crippen molar-refractivity contribution in [2.45, 2.75) is 19.4 Å². The second-order valence-corrected chi connectivity index (χ2v) is 5.99. The van der Waals surface area contributed by atoms with Crippen LogP contribution in [0.15, 0.2) is 36.4 Å². The lowest BCUT2D eigenvalue weighted by Gasteiger charge is -2.39. The first-order chi connectivity index (χ1) is 10.3. The molecule has 0 aliphatic carbocycles. The summed E-state index contributed by atoms with van der Waals surface area (Å²) in [5, 5.41) is 0.295. The van der Waals surface area contributed by atoms with Crippen molar-refractivity contribution in [3.63, 3.8) is 0 Å². The summed E-state index contributed by atoms with van der Waals surface area (Å²) in [5.74, 6) is -0.260.